The largest absolute Gasteiger partial charge is 0.486 e. The summed E-state index contributed by atoms with van der Waals surface area (Å²) in [4.78, 5) is 17.4. The third-order valence-corrected chi connectivity index (χ3v) is 4.94. The summed E-state index contributed by atoms with van der Waals surface area (Å²) in [5.41, 5.74) is 4.90. The number of aromatic nitrogens is 2. The number of aryl methyl sites for hydroxylation is 2. The Balaban J connectivity index is 1.56. The number of rotatable bonds is 6. The highest BCUT2D eigenvalue weighted by Gasteiger charge is 2.14. The van der Waals surface area contributed by atoms with Gasteiger partial charge >= 0.3 is 0 Å². The van der Waals surface area contributed by atoms with Gasteiger partial charge < -0.3 is 14.6 Å². The maximum absolute atomic E-state index is 12.7. The minimum Gasteiger partial charge on any atom is -0.486 e. The van der Waals surface area contributed by atoms with E-state index >= 15 is 0 Å². The second kappa shape index (κ2) is 8.19. The van der Waals surface area contributed by atoms with Crippen LogP contribution in [0.5, 0.6) is 5.75 Å². The summed E-state index contributed by atoms with van der Waals surface area (Å²) < 4.78 is 7.79. The standard InChI is InChI=1S/C24H23N3O2/c1-17-12-13-19(14-18(17)2)25-24(28)15-27-22-11-7-6-10-21(22)26-23(27)16-29-20-8-4-3-5-9-20/h3-14H,15-16H2,1-2H3,(H,25,28). The SMILES string of the molecule is Cc1ccc(NC(=O)Cn2c(COc3ccccc3)nc3ccccc32)cc1C. The van der Waals surface area contributed by atoms with Crippen LogP contribution in [-0.4, -0.2) is 15.5 Å². The minimum atomic E-state index is -0.0997. The lowest BCUT2D eigenvalue weighted by Gasteiger charge is -2.12. The molecule has 0 unspecified atom stereocenters. The number of ether oxygens (including phenoxy) is 1. The summed E-state index contributed by atoms with van der Waals surface area (Å²) in [7, 11) is 0. The molecule has 0 fully saturated rings. The normalized spacial score (nSPS) is 10.8. The highest BCUT2D eigenvalue weighted by atomic mass is 16.5. The fraction of sp³-hybridized carbons (Fsp3) is 0.167. The molecular weight excluding hydrogens is 362 g/mol. The number of imidazole rings is 1. The van der Waals surface area contributed by atoms with Crippen LogP contribution >= 0.6 is 0 Å². The third kappa shape index (κ3) is 4.29. The van der Waals surface area contributed by atoms with Crippen molar-refractivity contribution in [1.82, 2.24) is 9.55 Å². The number of carbonyl (C=O) groups excluding carboxylic acids is 1. The van der Waals surface area contributed by atoms with E-state index in [-0.39, 0.29) is 19.1 Å². The van der Waals surface area contributed by atoms with E-state index in [1.807, 2.05) is 84.3 Å². The molecule has 5 heteroatoms. The summed E-state index contributed by atoms with van der Waals surface area (Å²) in [5.74, 6) is 1.38. The molecule has 0 atom stereocenters. The van der Waals surface area contributed by atoms with Crippen molar-refractivity contribution in [3.05, 3.63) is 89.7 Å². The zero-order chi connectivity index (χ0) is 20.2. The van der Waals surface area contributed by atoms with E-state index in [1.54, 1.807) is 0 Å². The van der Waals surface area contributed by atoms with E-state index in [2.05, 4.69) is 17.2 Å². The number of amides is 1. The number of nitrogens with zero attached hydrogens (tertiary/aromatic N) is 2. The fourth-order valence-electron chi connectivity index (χ4n) is 3.24. The number of nitrogens with one attached hydrogen (secondary N) is 1. The van der Waals surface area contributed by atoms with Crippen LogP contribution in [0.1, 0.15) is 17.0 Å². The molecule has 1 N–H and O–H groups in total. The third-order valence-electron chi connectivity index (χ3n) is 4.94. The molecule has 3 aromatic carbocycles. The Labute approximate surface area is 170 Å². The van der Waals surface area contributed by atoms with E-state index in [0.717, 1.165) is 28.0 Å². The van der Waals surface area contributed by atoms with Crippen LogP contribution in [0, 0.1) is 13.8 Å². The van der Waals surface area contributed by atoms with Crippen molar-refractivity contribution in [2.24, 2.45) is 0 Å². The maximum atomic E-state index is 12.7. The molecule has 0 bridgehead atoms. The Morgan fingerprint density at radius 1 is 0.966 bits per heavy atom. The van der Waals surface area contributed by atoms with E-state index in [9.17, 15) is 4.79 Å². The highest BCUT2D eigenvalue weighted by molar-refractivity contribution is 5.91. The predicted molar refractivity (Wildman–Crippen MR) is 115 cm³/mol. The molecule has 4 rings (SSSR count). The van der Waals surface area contributed by atoms with E-state index in [4.69, 9.17) is 4.74 Å². The second-order valence-electron chi connectivity index (χ2n) is 7.05. The fourth-order valence-corrected chi connectivity index (χ4v) is 3.24. The Kier molecular flexibility index (Phi) is 5.29. The minimum absolute atomic E-state index is 0.0997. The molecule has 4 aromatic rings. The maximum Gasteiger partial charge on any atom is 0.244 e. The smallest absolute Gasteiger partial charge is 0.244 e. The van der Waals surface area contributed by atoms with Crippen molar-refractivity contribution in [3.63, 3.8) is 0 Å². The van der Waals surface area contributed by atoms with E-state index in [1.165, 1.54) is 5.56 Å². The lowest BCUT2D eigenvalue weighted by molar-refractivity contribution is -0.116. The summed E-state index contributed by atoms with van der Waals surface area (Å²) in [6.45, 7) is 4.54. The molecule has 0 aliphatic heterocycles. The van der Waals surface area contributed by atoms with Gasteiger partial charge in [0.1, 0.15) is 24.7 Å². The number of hydrogen-bond donors (Lipinski definition) is 1. The average molecular weight is 385 g/mol. The first-order chi connectivity index (χ1) is 14.1. The quantitative estimate of drug-likeness (QED) is 0.515. The van der Waals surface area contributed by atoms with Gasteiger partial charge in [0.25, 0.3) is 0 Å². The van der Waals surface area contributed by atoms with E-state index in [0.29, 0.717) is 5.82 Å². The van der Waals surface area contributed by atoms with Gasteiger partial charge in [0, 0.05) is 5.69 Å². The van der Waals surface area contributed by atoms with Gasteiger partial charge in [-0.05, 0) is 61.4 Å². The molecular formula is C24H23N3O2. The topological polar surface area (TPSA) is 56.2 Å². The first kappa shape index (κ1) is 18.7. The van der Waals surface area contributed by atoms with Crippen LogP contribution in [0.4, 0.5) is 5.69 Å². The first-order valence-corrected chi connectivity index (χ1v) is 9.59. The number of para-hydroxylation sites is 3. The molecule has 0 saturated heterocycles. The van der Waals surface area contributed by atoms with Crippen LogP contribution < -0.4 is 10.1 Å². The van der Waals surface area contributed by atoms with Gasteiger partial charge in [0.05, 0.1) is 11.0 Å². The number of fused-ring (bicyclic) bond motifs is 1. The molecule has 1 heterocycles. The van der Waals surface area contributed by atoms with Crippen molar-refractivity contribution in [1.29, 1.82) is 0 Å². The molecule has 0 radical (unpaired) electrons. The van der Waals surface area contributed by atoms with Crippen molar-refractivity contribution in [2.45, 2.75) is 27.0 Å². The zero-order valence-electron chi connectivity index (χ0n) is 16.6. The van der Waals surface area contributed by atoms with Gasteiger partial charge in [0.15, 0.2) is 0 Å². The van der Waals surface area contributed by atoms with Gasteiger partial charge in [0.2, 0.25) is 5.91 Å². The number of hydrogen-bond acceptors (Lipinski definition) is 3. The lowest BCUT2D eigenvalue weighted by atomic mass is 10.1. The molecule has 0 saturated carbocycles. The van der Waals surface area contributed by atoms with Gasteiger partial charge in [-0.1, -0.05) is 36.4 Å². The molecule has 1 amide bonds. The Hall–Kier alpha value is -3.60. The first-order valence-electron chi connectivity index (χ1n) is 9.59. The number of benzene rings is 3. The number of anilines is 1. The van der Waals surface area contributed by atoms with Crippen LogP contribution in [0.2, 0.25) is 0 Å². The summed E-state index contributed by atoms with van der Waals surface area (Å²) in [6, 6.07) is 23.3. The Morgan fingerprint density at radius 2 is 1.72 bits per heavy atom. The molecule has 0 spiro atoms. The van der Waals surface area contributed by atoms with Crippen LogP contribution in [0.3, 0.4) is 0 Å². The molecule has 29 heavy (non-hydrogen) atoms. The lowest BCUT2D eigenvalue weighted by Crippen LogP contribution is -2.20. The molecule has 5 nitrogen and oxygen atoms in total. The van der Waals surface area contributed by atoms with Gasteiger partial charge in [-0.2, -0.15) is 0 Å². The monoisotopic (exact) mass is 385 g/mol. The van der Waals surface area contributed by atoms with E-state index < -0.39 is 0 Å². The van der Waals surface area contributed by atoms with Crippen LogP contribution in [-0.2, 0) is 17.9 Å². The molecule has 1 aromatic heterocycles. The van der Waals surface area contributed by atoms with Crippen molar-refractivity contribution < 1.29 is 9.53 Å². The zero-order valence-corrected chi connectivity index (χ0v) is 16.6. The Bertz CT molecular complexity index is 1150. The van der Waals surface area contributed by atoms with Crippen molar-refractivity contribution >= 4 is 22.6 Å². The summed E-state index contributed by atoms with van der Waals surface area (Å²) in [5, 5.41) is 2.99. The van der Waals surface area contributed by atoms with Crippen LogP contribution in [0.25, 0.3) is 11.0 Å². The Morgan fingerprint density at radius 3 is 2.52 bits per heavy atom. The van der Waals surface area contributed by atoms with Gasteiger partial charge in [-0.25, -0.2) is 4.98 Å². The molecule has 146 valence electrons. The van der Waals surface area contributed by atoms with Crippen LogP contribution in [0.15, 0.2) is 72.8 Å². The van der Waals surface area contributed by atoms with Gasteiger partial charge in [-0.3, -0.25) is 4.79 Å². The summed E-state index contributed by atoms with van der Waals surface area (Å²) in [6.07, 6.45) is 0. The second-order valence-corrected chi connectivity index (χ2v) is 7.05. The van der Waals surface area contributed by atoms with Gasteiger partial charge in [-0.15, -0.1) is 0 Å². The number of carbonyl (C=O) groups is 1. The van der Waals surface area contributed by atoms with Crippen molar-refractivity contribution in [2.75, 3.05) is 5.32 Å². The summed E-state index contributed by atoms with van der Waals surface area (Å²) >= 11 is 0. The highest BCUT2D eigenvalue weighted by Crippen LogP contribution is 2.19. The van der Waals surface area contributed by atoms with Crippen molar-refractivity contribution in [3.8, 4) is 5.75 Å². The average Bonchev–Trinajstić information content (AvgIpc) is 3.07. The predicted octanol–water partition coefficient (Wildman–Crippen LogP) is 4.87. The molecule has 0 aliphatic rings. The molecule has 0 aliphatic carbocycles.